The molecule has 1 aromatic heterocycles. The molecule has 0 bridgehead atoms. The largest absolute Gasteiger partial charge is 0.342 e. The molecular weight excluding hydrogens is 479 g/mol. The molecule has 0 radical (unpaired) electrons. The maximum absolute atomic E-state index is 12.9. The average Bonchev–Trinajstić information content (AvgIpc) is 3.18. The number of nitrogens with zero attached hydrogens (tertiary/aromatic N) is 3. The highest BCUT2D eigenvalue weighted by atomic mass is 35.5. The number of allylic oxidation sites excluding steroid dienone is 1. The first-order valence-corrected chi connectivity index (χ1v) is 12.1. The van der Waals surface area contributed by atoms with Crippen molar-refractivity contribution < 1.29 is 9.59 Å². The Bertz CT molecular complexity index is 1150. The Kier molecular flexibility index (Phi) is 8.72. The minimum Gasteiger partial charge on any atom is -0.342 e. The number of carbonyl (C=O) groups excluding carboxylic acids is 2. The standard InChI is InChI=1S/C24H24Cl2N4O2S/c1-4-12-30-22(28-29-24(30)33-14-20(31)16-8-6-5-7-9-16)21(15(2)3)27-23(32)18-11-10-17(25)13-19(18)26/h4-11,13,15,21H,1,12,14H2,2-3H3,(H,27,32)/t21-/m0/s1. The molecule has 0 saturated heterocycles. The van der Waals surface area contributed by atoms with Gasteiger partial charge < -0.3 is 9.88 Å². The first kappa shape index (κ1) is 25.0. The average molecular weight is 503 g/mol. The molecule has 3 rings (SSSR count). The lowest BCUT2D eigenvalue weighted by molar-refractivity contribution is 0.0921. The zero-order valence-corrected chi connectivity index (χ0v) is 20.6. The Morgan fingerprint density at radius 2 is 1.88 bits per heavy atom. The van der Waals surface area contributed by atoms with Crippen LogP contribution in [0.4, 0.5) is 0 Å². The smallest absolute Gasteiger partial charge is 0.253 e. The van der Waals surface area contributed by atoms with E-state index in [0.717, 1.165) is 0 Å². The number of halogens is 2. The second-order valence-electron chi connectivity index (χ2n) is 7.64. The molecule has 33 heavy (non-hydrogen) atoms. The summed E-state index contributed by atoms with van der Waals surface area (Å²) in [5.41, 5.74) is 0.969. The molecule has 3 aromatic rings. The van der Waals surface area contributed by atoms with Crippen LogP contribution < -0.4 is 5.32 Å². The van der Waals surface area contributed by atoms with E-state index in [0.29, 0.717) is 33.7 Å². The molecule has 0 aliphatic rings. The van der Waals surface area contributed by atoms with Gasteiger partial charge in [0.1, 0.15) is 0 Å². The third-order valence-corrected chi connectivity index (χ3v) is 6.41. The number of Topliss-reactive ketones (excluding diaryl/α,β-unsaturated/α-hetero) is 1. The van der Waals surface area contributed by atoms with Crippen LogP contribution in [-0.4, -0.2) is 32.2 Å². The fraction of sp³-hybridized carbons (Fsp3) is 0.250. The van der Waals surface area contributed by atoms with Crippen molar-refractivity contribution in [1.82, 2.24) is 20.1 Å². The van der Waals surface area contributed by atoms with E-state index in [-0.39, 0.29) is 28.4 Å². The van der Waals surface area contributed by atoms with Crippen molar-refractivity contribution >= 4 is 46.7 Å². The molecule has 1 N–H and O–H groups in total. The Hall–Kier alpha value is -2.61. The van der Waals surface area contributed by atoms with E-state index in [1.54, 1.807) is 30.3 Å². The van der Waals surface area contributed by atoms with Crippen molar-refractivity contribution in [2.45, 2.75) is 31.6 Å². The second-order valence-corrected chi connectivity index (χ2v) is 9.42. The second kappa shape index (κ2) is 11.5. The van der Waals surface area contributed by atoms with E-state index in [4.69, 9.17) is 23.2 Å². The minimum atomic E-state index is -0.434. The van der Waals surface area contributed by atoms with Crippen molar-refractivity contribution in [2.75, 3.05) is 5.75 Å². The number of thioether (sulfide) groups is 1. The van der Waals surface area contributed by atoms with Crippen LogP contribution in [0, 0.1) is 5.92 Å². The number of aromatic nitrogens is 3. The van der Waals surface area contributed by atoms with E-state index in [1.807, 2.05) is 36.6 Å². The van der Waals surface area contributed by atoms with Crippen LogP contribution in [0.1, 0.15) is 46.4 Å². The molecular formula is C24H24Cl2N4O2S. The molecule has 1 atom stereocenters. The van der Waals surface area contributed by atoms with Crippen LogP contribution >= 0.6 is 35.0 Å². The summed E-state index contributed by atoms with van der Waals surface area (Å²) in [6.45, 7) is 8.22. The SMILES string of the molecule is C=CCn1c(SCC(=O)c2ccccc2)nnc1[C@@H](NC(=O)c1ccc(Cl)cc1Cl)C(C)C. The summed E-state index contributed by atoms with van der Waals surface area (Å²) < 4.78 is 1.87. The fourth-order valence-corrected chi connectivity index (χ4v) is 4.54. The number of hydrogen-bond donors (Lipinski definition) is 1. The normalized spacial score (nSPS) is 11.9. The van der Waals surface area contributed by atoms with Crippen LogP contribution in [-0.2, 0) is 6.54 Å². The molecule has 1 heterocycles. The quantitative estimate of drug-likeness (QED) is 0.213. The van der Waals surface area contributed by atoms with Crippen molar-refractivity contribution in [2.24, 2.45) is 5.92 Å². The Morgan fingerprint density at radius 3 is 2.52 bits per heavy atom. The highest BCUT2D eigenvalue weighted by Gasteiger charge is 2.27. The first-order chi connectivity index (χ1) is 15.8. The van der Waals surface area contributed by atoms with Gasteiger partial charge in [-0.05, 0) is 24.1 Å². The third-order valence-electron chi connectivity index (χ3n) is 4.89. The van der Waals surface area contributed by atoms with Crippen molar-refractivity contribution in [3.63, 3.8) is 0 Å². The zero-order valence-electron chi connectivity index (χ0n) is 18.3. The topological polar surface area (TPSA) is 76.9 Å². The number of rotatable bonds is 10. The summed E-state index contributed by atoms with van der Waals surface area (Å²) in [5.74, 6) is 0.478. The van der Waals surface area contributed by atoms with Gasteiger partial charge in [0.2, 0.25) is 0 Å². The molecule has 0 saturated carbocycles. The Balaban J connectivity index is 1.83. The molecule has 6 nitrogen and oxygen atoms in total. The minimum absolute atomic E-state index is 0.00129. The van der Waals surface area contributed by atoms with Gasteiger partial charge in [-0.15, -0.1) is 16.8 Å². The van der Waals surface area contributed by atoms with Gasteiger partial charge >= 0.3 is 0 Å². The summed E-state index contributed by atoms with van der Waals surface area (Å²) in [6.07, 6.45) is 1.73. The molecule has 0 aliphatic carbocycles. The van der Waals surface area contributed by atoms with Gasteiger partial charge in [-0.1, -0.05) is 85.2 Å². The molecule has 0 fully saturated rings. The van der Waals surface area contributed by atoms with Crippen molar-refractivity contribution in [3.05, 3.63) is 88.2 Å². The van der Waals surface area contributed by atoms with Gasteiger partial charge in [-0.2, -0.15) is 0 Å². The zero-order chi connectivity index (χ0) is 24.0. The molecule has 0 spiro atoms. The highest BCUT2D eigenvalue weighted by Crippen LogP contribution is 2.27. The summed E-state index contributed by atoms with van der Waals surface area (Å²) in [7, 11) is 0. The third kappa shape index (κ3) is 6.25. The number of amides is 1. The molecule has 0 aliphatic heterocycles. The van der Waals surface area contributed by atoms with Gasteiger partial charge in [0.25, 0.3) is 5.91 Å². The molecule has 9 heteroatoms. The number of nitrogens with one attached hydrogen (secondary N) is 1. The number of carbonyl (C=O) groups is 2. The summed E-state index contributed by atoms with van der Waals surface area (Å²) >= 11 is 13.5. The van der Waals surface area contributed by atoms with Gasteiger partial charge in [0.05, 0.1) is 22.4 Å². The number of benzene rings is 2. The lowest BCUT2D eigenvalue weighted by atomic mass is 10.0. The molecule has 1 amide bonds. The van der Waals surface area contributed by atoms with Gasteiger partial charge in [0, 0.05) is 17.1 Å². The molecule has 172 valence electrons. The molecule has 2 aromatic carbocycles. The Morgan fingerprint density at radius 1 is 1.15 bits per heavy atom. The maximum Gasteiger partial charge on any atom is 0.253 e. The predicted molar refractivity (Wildman–Crippen MR) is 133 cm³/mol. The van der Waals surface area contributed by atoms with Crippen LogP contribution in [0.2, 0.25) is 10.0 Å². The summed E-state index contributed by atoms with van der Waals surface area (Å²) in [4.78, 5) is 25.5. The first-order valence-electron chi connectivity index (χ1n) is 10.3. The predicted octanol–water partition coefficient (Wildman–Crippen LogP) is 5.87. The van der Waals surface area contributed by atoms with E-state index in [1.165, 1.54) is 17.8 Å². The lowest BCUT2D eigenvalue weighted by Crippen LogP contribution is -2.34. The van der Waals surface area contributed by atoms with E-state index < -0.39 is 6.04 Å². The monoisotopic (exact) mass is 502 g/mol. The van der Waals surface area contributed by atoms with E-state index in [9.17, 15) is 9.59 Å². The fourth-order valence-electron chi connectivity index (χ4n) is 3.20. The van der Waals surface area contributed by atoms with Gasteiger partial charge in [-0.25, -0.2) is 0 Å². The highest BCUT2D eigenvalue weighted by molar-refractivity contribution is 7.99. The van der Waals surface area contributed by atoms with Crippen LogP contribution in [0.15, 0.2) is 66.3 Å². The van der Waals surface area contributed by atoms with E-state index in [2.05, 4.69) is 22.1 Å². The van der Waals surface area contributed by atoms with Crippen molar-refractivity contribution in [3.8, 4) is 0 Å². The van der Waals surface area contributed by atoms with Crippen LogP contribution in [0.5, 0.6) is 0 Å². The maximum atomic E-state index is 12.9. The van der Waals surface area contributed by atoms with Crippen LogP contribution in [0.3, 0.4) is 0 Å². The number of hydrogen-bond acceptors (Lipinski definition) is 5. The van der Waals surface area contributed by atoms with Crippen molar-refractivity contribution in [1.29, 1.82) is 0 Å². The van der Waals surface area contributed by atoms with Crippen LogP contribution in [0.25, 0.3) is 0 Å². The van der Waals surface area contributed by atoms with Gasteiger partial charge in [0.15, 0.2) is 16.8 Å². The lowest BCUT2D eigenvalue weighted by Gasteiger charge is -2.23. The number of ketones is 1. The summed E-state index contributed by atoms with van der Waals surface area (Å²) in [5, 5.41) is 13.0. The summed E-state index contributed by atoms with van der Waals surface area (Å²) in [6, 6.07) is 13.4. The molecule has 0 unspecified atom stereocenters. The van der Waals surface area contributed by atoms with Gasteiger partial charge in [-0.3, -0.25) is 9.59 Å². The van der Waals surface area contributed by atoms with E-state index >= 15 is 0 Å². The Labute approximate surface area is 207 Å².